The van der Waals surface area contributed by atoms with E-state index in [1.54, 1.807) is 30.3 Å². The average molecular weight is 356 g/mol. The number of carbonyl (C=O) groups is 2. The molecule has 2 aromatic carbocycles. The van der Waals surface area contributed by atoms with Gasteiger partial charge in [-0.2, -0.15) is 0 Å². The van der Waals surface area contributed by atoms with Crippen LogP contribution in [0.4, 0.5) is 0 Å². The number of ether oxygens (including phenoxy) is 1. The number of benzene rings is 2. The summed E-state index contributed by atoms with van der Waals surface area (Å²) in [6.45, 7) is -3.54. The van der Waals surface area contributed by atoms with Crippen molar-refractivity contribution in [3.05, 3.63) is 59.9 Å². The molecule has 0 saturated heterocycles. The fourth-order valence-electron chi connectivity index (χ4n) is 2.28. The maximum absolute atomic E-state index is 12.2. The summed E-state index contributed by atoms with van der Waals surface area (Å²) in [5.41, 5.74) is -1.21. The largest absolute Gasteiger partial charge is 0.505 e. The van der Waals surface area contributed by atoms with E-state index in [2.05, 4.69) is 4.98 Å². The Morgan fingerprint density at radius 2 is 2.00 bits per heavy atom. The monoisotopic (exact) mass is 356 g/mol. The van der Waals surface area contributed by atoms with Crippen LogP contribution in [0.25, 0.3) is 10.8 Å². The van der Waals surface area contributed by atoms with Gasteiger partial charge in [0.2, 0.25) is 0 Å². The summed E-state index contributed by atoms with van der Waals surface area (Å²) in [4.78, 5) is 26.7. The number of pyridine rings is 1. The highest BCUT2D eigenvalue weighted by molar-refractivity contribution is 6.03. The van der Waals surface area contributed by atoms with Crippen LogP contribution in [0.15, 0.2) is 48.5 Å². The number of para-hydroxylation sites is 1. The Morgan fingerprint density at radius 1 is 1.23 bits per heavy atom. The third kappa shape index (κ3) is 3.56. The van der Waals surface area contributed by atoms with Gasteiger partial charge in [-0.25, -0.2) is 4.98 Å². The van der Waals surface area contributed by atoms with Crippen LogP contribution in [0.5, 0.6) is 17.2 Å². The fourth-order valence-corrected chi connectivity index (χ4v) is 2.28. The Kier molecular flexibility index (Phi) is 3.47. The molecule has 0 bridgehead atoms. The molecule has 1 aromatic heterocycles. The van der Waals surface area contributed by atoms with Gasteiger partial charge in [0.1, 0.15) is 18.0 Å². The van der Waals surface area contributed by atoms with Gasteiger partial charge in [-0.15, -0.1) is 0 Å². The smallest absolute Gasteiger partial charge is 0.322 e. The number of nitrogens with one attached hydrogen (secondary N) is 1. The van der Waals surface area contributed by atoms with E-state index >= 15 is 0 Å². The van der Waals surface area contributed by atoms with Crippen LogP contribution in [0, 0.1) is 6.85 Å². The van der Waals surface area contributed by atoms with E-state index in [1.807, 2.05) is 5.32 Å². The Balaban J connectivity index is 2.19. The van der Waals surface area contributed by atoms with Crippen LogP contribution in [-0.2, 0) is 4.79 Å². The number of aliphatic carboxylic acids is 1. The second-order valence-electron chi connectivity index (χ2n) is 5.27. The van der Waals surface area contributed by atoms with E-state index < -0.39 is 42.4 Å². The summed E-state index contributed by atoms with van der Waals surface area (Å²) in [6.07, 6.45) is 0. The van der Waals surface area contributed by atoms with E-state index in [0.717, 1.165) is 0 Å². The first-order chi connectivity index (χ1) is 14.1. The SMILES string of the molecule is [2H]c1cc(Oc2ccccc2)cc2c(C([2H])([2H])[2H])nc(C(=O)NCC(=O)O)c(O)c12. The van der Waals surface area contributed by atoms with Crippen molar-refractivity contribution in [1.29, 1.82) is 0 Å². The fraction of sp³-hybridized carbons (Fsp3) is 0.105. The zero-order chi connectivity index (χ0) is 22.1. The van der Waals surface area contributed by atoms with Crippen LogP contribution in [0.2, 0.25) is 0 Å². The predicted octanol–water partition coefficient (Wildman–Crippen LogP) is 2.86. The molecule has 0 aliphatic rings. The number of aryl methyl sites for hydroxylation is 1. The summed E-state index contributed by atoms with van der Waals surface area (Å²) in [6, 6.07) is 10.9. The van der Waals surface area contributed by atoms with Crippen LogP contribution < -0.4 is 10.1 Å². The van der Waals surface area contributed by atoms with Crippen LogP contribution in [0.1, 0.15) is 21.7 Å². The van der Waals surface area contributed by atoms with E-state index in [1.165, 1.54) is 12.1 Å². The molecule has 0 atom stereocenters. The lowest BCUT2D eigenvalue weighted by atomic mass is 10.1. The number of fused-ring (bicyclic) bond motifs is 1. The number of carbonyl (C=O) groups excluding carboxylic acids is 1. The molecule has 0 aliphatic heterocycles. The first-order valence-corrected chi connectivity index (χ1v) is 7.48. The molecule has 0 saturated carbocycles. The molecular weight excluding hydrogens is 336 g/mol. The summed E-state index contributed by atoms with van der Waals surface area (Å²) in [5.74, 6) is -2.53. The van der Waals surface area contributed by atoms with Gasteiger partial charge in [-0.3, -0.25) is 9.59 Å². The maximum atomic E-state index is 12.2. The number of hydrogen-bond acceptors (Lipinski definition) is 5. The molecule has 7 nitrogen and oxygen atoms in total. The van der Waals surface area contributed by atoms with Crippen molar-refractivity contribution >= 4 is 22.6 Å². The first-order valence-electron chi connectivity index (χ1n) is 9.48. The summed E-state index contributed by atoms with van der Waals surface area (Å²) in [7, 11) is 0. The lowest BCUT2D eigenvalue weighted by Crippen LogP contribution is -2.30. The van der Waals surface area contributed by atoms with E-state index in [9.17, 15) is 14.7 Å². The van der Waals surface area contributed by atoms with Gasteiger partial charge in [-0.05, 0) is 37.2 Å². The number of amides is 1. The van der Waals surface area contributed by atoms with E-state index in [-0.39, 0.29) is 22.6 Å². The molecule has 0 fully saturated rings. The minimum absolute atomic E-state index is 0.0827. The highest BCUT2D eigenvalue weighted by atomic mass is 16.5. The first kappa shape index (κ1) is 12.7. The number of carboxylic acid groups (broad SMARTS) is 1. The zero-order valence-electron chi connectivity index (χ0n) is 17.3. The quantitative estimate of drug-likeness (QED) is 0.649. The molecular formula is C19H16N2O5. The topological polar surface area (TPSA) is 109 Å². The third-order valence-electron chi connectivity index (χ3n) is 3.45. The van der Waals surface area contributed by atoms with Gasteiger partial charge in [0.25, 0.3) is 5.91 Å². The number of hydrogen-bond donors (Lipinski definition) is 3. The molecule has 1 amide bonds. The molecule has 0 aliphatic carbocycles. The second-order valence-corrected chi connectivity index (χ2v) is 5.27. The van der Waals surface area contributed by atoms with Crippen molar-refractivity contribution in [1.82, 2.24) is 10.3 Å². The van der Waals surface area contributed by atoms with Crippen LogP contribution in [-0.4, -0.2) is 33.6 Å². The standard InChI is InChI=1S/C19H16N2O5/c1-11-15-9-13(26-12-5-3-2-4-6-12)7-8-14(15)18(24)17(21-11)19(25)20-10-16(22)23/h2-9,24H,10H2,1H3,(H,20,25)(H,22,23)/i1D3,8D. The Bertz CT molecular complexity index is 1130. The predicted molar refractivity (Wildman–Crippen MR) is 94.6 cm³/mol. The molecule has 0 unspecified atom stereocenters. The third-order valence-corrected chi connectivity index (χ3v) is 3.45. The van der Waals surface area contributed by atoms with Crippen molar-refractivity contribution in [3.8, 4) is 17.2 Å². The number of rotatable bonds is 5. The Labute approximate surface area is 154 Å². The van der Waals surface area contributed by atoms with Crippen molar-refractivity contribution in [2.45, 2.75) is 6.85 Å². The van der Waals surface area contributed by atoms with Crippen molar-refractivity contribution in [2.75, 3.05) is 6.54 Å². The van der Waals surface area contributed by atoms with E-state index in [0.29, 0.717) is 5.75 Å². The van der Waals surface area contributed by atoms with Crippen molar-refractivity contribution < 1.29 is 30.0 Å². The Hall–Kier alpha value is -3.61. The normalized spacial score (nSPS) is 13.2. The van der Waals surface area contributed by atoms with Crippen molar-refractivity contribution in [3.63, 3.8) is 0 Å². The molecule has 0 radical (unpaired) electrons. The van der Waals surface area contributed by atoms with Gasteiger partial charge < -0.3 is 20.3 Å². The number of aromatic hydroxyl groups is 1. The molecule has 26 heavy (non-hydrogen) atoms. The second kappa shape index (κ2) is 7.10. The lowest BCUT2D eigenvalue weighted by molar-refractivity contribution is -0.135. The Morgan fingerprint density at radius 3 is 2.69 bits per heavy atom. The average Bonchev–Trinajstić information content (AvgIpc) is 2.65. The summed E-state index contributed by atoms with van der Waals surface area (Å²) < 4.78 is 37.2. The summed E-state index contributed by atoms with van der Waals surface area (Å²) in [5, 5.41) is 20.9. The van der Waals surface area contributed by atoms with Gasteiger partial charge >= 0.3 is 5.97 Å². The molecule has 3 rings (SSSR count). The molecule has 3 N–H and O–H groups in total. The minimum Gasteiger partial charge on any atom is -0.505 e. The van der Waals surface area contributed by atoms with Crippen LogP contribution >= 0.6 is 0 Å². The molecule has 132 valence electrons. The van der Waals surface area contributed by atoms with Crippen LogP contribution in [0.3, 0.4) is 0 Å². The van der Waals surface area contributed by atoms with Gasteiger partial charge in [0.05, 0.1) is 1.37 Å². The summed E-state index contributed by atoms with van der Waals surface area (Å²) >= 11 is 0. The molecule has 7 heteroatoms. The number of aromatic nitrogens is 1. The number of nitrogens with zero attached hydrogens (tertiary/aromatic N) is 1. The minimum atomic E-state index is -2.79. The molecule has 3 aromatic rings. The molecule has 0 spiro atoms. The van der Waals surface area contributed by atoms with Gasteiger partial charge in [-0.1, -0.05) is 18.2 Å². The van der Waals surface area contributed by atoms with Crippen molar-refractivity contribution in [2.24, 2.45) is 0 Å². The maximum Gasteiger partial charge on any atom is 0.322 e. The van der Waals surface area contributed by atoms with Gasteiger partial charge in [0, 0.05) is 20.6 Å². The zero-order valence-corrected chi connectivity index (χ0v) is 13.3. The molecule has 1 heterocycles. The number of carboxylic acids is 1. The lowest BCUT2D eigenvalue weighted by Gasteiger charge is -2.12. The van der Waals surface area contributed by atoms with Gasteiger partial charge in [0.15, 0.2) is 11.4 Å². The highest BCUT2D eigenvalue weighted by Gasteiger charge is 2.18. The highest BCUT2D eigenvalue weighted by Crippen LogP contribution is 2.33. The van der Waals surface area contributed by atoms with E-state index in [4.69, 9.17) is 15.3 Å².